The van der Waals surface area contributed by atoms with Crippen LogP contribution >= 0.6 is 0 Å². The summed E-state index contributed by atoms with van der Waals surface area (Å²) in [6.45, 7) is 1.72. The highest BCUT2D eigenvalue weighted by Crippen LogP contribution is 2.33. The smallest absolute Gasteiger partial charge is 0.243 e. The van der Waals surface area contributed by atoms with Crippen LogP contribution in [0.2, 0.25) is 0 Å². The molecule has 1 atom stereocenters. The molecule has 1 unspecified atom stereocenters. The van der Waals surface area contributed by atoms with Crippen molar-refractivity contribution in [2.45, 2.75) is 25.4 Å². The van der Waals surface area contributed by atoms with E-state index in [1.165, 1.54) is 0 Å². The molecule has 5 nitrogen and oxygen atoms in total. The fourth-order valence-electron chi connectivity index (χ4n) is 2.50. The first-order valence-corrected chi connectivity index (χ1v) is 6.35. The number of alkyl halides is 1. The molecule has 2 rings (SSSR count). The molecule has 1 aliphatic heterocycles. The highest BCUT2D eigenvalue weighted by molar-refractivity contribution is 5.80. The van der Waals surface area contributed by atoms with Crippen LogP contribution in [0.3, 0.4) is 0 Å². The molecule has 0 radical (unpaired) electrons. The summed E-state index contributed by atoms with van der Waals surface area (Å²) in [5.74, 6) is -0.273. The Kier molecular flexibility index (Phi) is 4.16. The van der Waals surface area contributed by atoms with Crippen LogP contribution < -0.4 is 5.73 Å². The zero-order valence-corrected chi connectivity index (χ0v) is 10.3. The van der Waals surface area contributed by atoms with E-state index in [4.69, 9.17) is 10.5 Å². The fraction of sp³-hybridized carbons (Fsp3) is 0.833. The molecule has 2 aliphatic rings. The minimum Gasteiger partial charge on any atom is -0.371 e. The van der Waals surface area contributed by atoms with E-state index in [-0.39, 0.29) is 24.3 Å². The SMILES string of the molecule is NC(=O)COCC1CCN(C(=O)C2CC(F)C2)C1. The van der Waals surface area contributed by atoms with E-state index in [9.17, 15) is 14.0 Å². The van der Waals surface area contributed by atoms with Crippen molar-refractivity contribution in [3.05, 3.63) is 0 Å². The van der Waals surface area contributed by atoms with Crippen LogP contribution in [0.15, 0.2) is 0 Å². The molecule has 0 aromatic rings. The van der Waals surface area contributed by atoms with Gasteiger partial charge in [-0.1, -0.05) is 0 Å². The number of carbonyl (C=O) groups is 2. The molecule has 1 heterocycles. The van der Waals surface area contributed by atoms with Crippen LogP contribution in [0, 0.1) is 11.8 Å². The normalized spacial score (nSPS) is 31.2. The highest BCUT2D eigenvalue weighted by atomic mass is 19.1. The van der Waals surface area contributed by atoms with Gasteiger partial charge in [0.15, 0.2) is 0 Å². The van der Waals surface area contributed by atoms with Gasteiger partial charge in [0.2, 0.25) is 11.8 Å². The number of ether oxygens (including phenoxy) is 1. The zero-order chi connectivity index (χ0) is 13.1. The number of hydrogen-bond donors (Lipinski definition) is 1. The summed E-state index contributed by atoms with van der Waals surface area (Å²) in [6.07, 6.45) is 0.823. The van der Waals surface area contributed by atoms with E-state index in [1.807, 2.05) is 0 Å². The lowest BCUT2D eigenvalue weighted by Crippen LogP contribution is -2.41. The van der Waals surface area contributed by atoms with Gasteiger partial charge >= 0.3 is 0 Å². The molecule has 1 aliphatic carbocycles. The van der Waals surface area contributed by atoms with Gasteiger partial charge in [0, 0.05) is 24.9 Å². The Bertz CT molecular complexity index is 331. The molecule has 18 heavy (non-hydrogen) atoms. The quantitative estimate of drug-likeness (QED) is 0.759. The van der Waals surface area contributed by atoms with Crippen molar-refractivity contribution in [1.82, 2.24) is 4.90 Å². The largest absolute Gasteiger partial charge is 0.371 e. The minimum absolute atomic E-state index is 0.0706. The van der Waals surface area contributed by atoms with Crippen LogP contribution in [0.5, 0.6) is 0 Å². The first-order chi connectivity index (χ1) is 8.56. The summed E-state index contributed by atoms with van der Waals surface area (Å²) in [7, 11) is 0. The number of halogens is 1. The maximum absolute atomic E-state index is 12.7. The van der Waals surface area contributed by atoms with Crippen molar-refractivity contribution in [3.8, 4) is 0 Å². The summed E-state index contributed by atoms with van der Waals surface area (Å²) in [5.41, 5.74) is 4.97. The number of rotatable bonds is 5. The third-order valence-corrected chi connectivity index (χ3v) is 3.63. The van der Waals surface area contributed by atoms with Gasteiger partial charge in [-0.2, -0.15) is 0 Å². The first kappa shape index (κ1) is 13.3. The molecule has 1 saturated carbocycles. The Morgan fingerprint density at radius 2 is 2.11 bits per heavy atom. The Labute approximate surface area is 105 Å². The van der Waals surface area contributed by atoms with Crippen LogP contribution in [-0.4, -0.2) is 49.2 Å². The zero-order valence-electron chi connectivity index (χ0n) is 10.3. The van der Waals surface area contributed by atoms with Gasteiger partial charge in [-0.3, -0.25) is 9.59 Å². The lowest BCUT2D eigenvalue weighted by atomic mass is 9.82. The number of likely N-dealkylation sites (tertiary alicyclic amines) is 1. The molecular formula is C12H19FN2O3. The molecule has 1 saturated heterocycles. The second kappa shape index (κ2) is 5.65. The molecule has 2 fully saturated rings. The number of carbonyl (C=O) groups excluding carboxylic acids is 2. The monoisotopic (exact) mass is 258 g/mol. The predicted octanol–water partition coefficient (Wildman–Crippen LogP) is 0.0849. The summed E-state index contributed by atoms with van der Waals surface area (Å²) in [6, 6.07) is 0. The first-order valence-electron chi connectivity index (χ1n) is 6.35. The minimum atomic E-state index is -0.795. The predicted molar refractivity (Wildman–Crippen MR) is 62.3 cm³/mol. The average Bonchev–Trinajstić information content (AvgIpc) is 2.72. The number of hydrogen-bond acceptors (Lipinski definition) is 3. The van der Waals surface area contributed by atoms with Crippen molar-refractivity contribution >= 4 is 11.8 Å². The highest BCUT2D eigenvalue weighted by Gasteiger charge is 2.38. The Hall–Kier alpha value is -1.17. The van der Waals surface area contributed by atoms with E-state index >= 15 is 0 Å². The van der Waals surface area contributed by atoms with Crippen molar-refractivity contribution in [3.63, 3.8) is 0 Å². The van der Waals surface area contributed by atoms with Crippen molar-refractivity contribution < 1.29 is 18.7 Å². The van der Waals surface area contributed by atoms with Gasteiger partial charge in [0.25, 0.3) is 0 Å². The molecule has 2 amide bonds. The molecule has 0 aromatic carbocycles. The number of nitrogens with zero attached hydrogens (tertiary/aromatic N) is 1. The van der Waals surface area contributed by atoms with Gasteiger partial charge in [-0.05, 0) is 19.3 Å². The summed E-state index contributed by atoms with van der Waals surface area (Å²) >= 11 is 0. The number of nitrogens with two attached hydrogens (primary N) is 1. The second-order valence-corrected chi connectivity index (χ2v) is 5.19. The molecule has 6 heteroatoms. The molecular weight excluding hydrogens is 239 g/mol. The van der Waals surface area contributed by atoms with E-state index < -0.39 is 12.1 Å². The van der Waals surface area contributed by atoms with Crippen LogP contribution in [0.1, 0.15) is 19.3 Å². The molecule has 0 bridgehead atoms. The topological polar surface area (TPSA) is 72.6 Å². The molecule has 2 N–H and O–H groups in total. The van der Waals surface area contributed by atoms with Crippen LogP contribution in [-0.2, 0) is 14.3 Å². The lowest BCUT2D eigenvalue weighted by Gasteiger charge is -2.32. The Morgan fingerprint density at radius 1 is 1.39 bits per heavy atom. The van der Waals surface area contributed by atoms with Gasteiger partial charge in [-0.15, -0.1) is 0 Å². The van der Waals surface area contributed by atoms with Gasteiger partial charge in [0.1, 0.15) is 12.8 Å². The summed E-state index contributed by atoms with van der Waals surface area (Å²) in [4.78, 5) is 24.2. The van der Waals surface area contributed by atoms with Crippen LogP contribution in [0.4, 0.5) is 4.39 Å². The van der Waals surface area contributed by atoms with Crippen molar-refractivity contribution in [2.24, 2.45) is 17.6 Å². The fourth-order valence-corrected chi connectivity index (χ4v) is 2.50. The average molecular weight is 258 g/mol. The maximum atomic E-state index is 12.7. The van der Waals surface area contributed by atoms with E-state index in [2.05, 4.69) is 0 Å². The van der Waals surface area contributed by atoms with Gasteiger partial charge in [-0.25, -0.2) is 4.39 Å². The van der Waals surface area contributed by atoms with Gasteiger partial charge < -0.3 is 15.4 Å². The summed E-state index contributed by atoms with van der Waals surface area (Å²) < 4.78 is 17.9. The molecule has 0 aromatic heterocycles. The Morgan fingerprint density at radius 3 is 2.72 bits per heavy atom. The van der Waals surface area contributed by atoms with E-state index in [0.717, 1.165) is 6.42 Å². The standard InChI is InChI=1S/C12H19FN2O3/c13-10-3-9(4-10)12(17)15-2-1-8(5-15)6-18-7-11(14)16/h8-10H,1-7H2,(H2,14,16). The number of amides is 2. The third-order valence-electron chi connectivity index (χ3n) is 3.63. The summed E-state index contributed by atoms with van der Waals surface area (Å²) in [5, 5.41) is 0. The Balaban J connectivity index is 1.68. The lowest BCUT2D eigenvalue weighted by molar-refractivity contribution is -0.139. The number of primary amides is 1. The van der Waals surface area contributed by atoms with Gasteiger partial charge in [0.05, 0.1) is 6.61 Å². The van der Waals surface area contributed by atoms with Crippen LogP contribution in [0.25, 0.3) is 0 Å². The van der Waals surface area contributed by atoms with E-state index in [1.54, 1.807) is 4.90 Å². The van der Waals surface area contributed by atoms with E-state index in [0.29, 0.717) is 32.5 Å². The third kappa shape index (κ3) is 3.19. The van der Waals surface area contributed by atoms with Crippen molar-refractivity contribution in [2.75, 3.05) is 26.3 Å². The maximum Gasteiger partial charge on any atom is 0.243 e. The second-order valence-electron chi connectivity index (χ2n) is 5.19. The molecule has 102 valence electrons. The van der Waals surface area contributed by atoms with Crippen molar-refractivity contribution in [1.29, 1.82) is 0 Å². The molecule has 0 spiro atoms.